The molecule has 10 nitrogen and oxygen atoms in total. The Kier molecular flexibility index (Phi) is 8.37. The van der Waals surface area contributed by atoms with Crippen LogP contribution in [0.1, 0.15) is 19.7 Å². The molecule has 3 aromatic carbocycles. The number of aromatic nitrogens is 3. The van der Waals surface area contributed by atoms with Gasteiger partial charge in [0.25, 0.3) is 5.69 Å². The van der Waals surface area contributed by atoms with Gasteiger partial charge in [-0.3, -0.25) is 19.5 Å². The van der Waals surface area contributed by atoms with Gasteiger partial charge in [-0.1, -0.05) is 30.0 Å². The van der Waals surface area contributed by atoms with Crippen LogP contribution in [0.3, 0.4) is 0 Å². The number of amides is 1. The minimum atomic E-state index is -0.506. The zero-order chi connectivity index (χ0) is 26.2. The van der Waals surface area contributed by atoms with E-state index in [0.717, 1.165) is 17.1 Å². The molecule has 37 heavy (non-hydrogen) atoms. The first-order valence-electron chi connectivity index (χ1n) is 11.6. The summed E-state index contributed by atoms with van der Waals surface area (Å²) in [6.45, 7) is 4.74. The average molecular weight is 519 g/mol. The van der Waals surface area contributed by atoms with Gasteiger partial charge >= 0.3 is 0 Å². The highest BCUT2D eigenvalue weighted by atomic mass is 32.2. The van der Waals surface area contributed by atoms with Crippen molar-refractivity contribution in [3.05, 3.63) is 94.8 Å². The number of thioether (sulfide) groups is 1. The Bertz CT molecular complexity index is 1340. The Morgan fingerprint density at radius 1 is 1.03 bits per heavy atom. The van der Waals surface area contributed by atoms with Crippen LogP contribution in [0.4, 0.5) is 17.1 Å². The second kappa shape index (κ2) is 12.0. The molecule has 0 aliphatic carbocycles. The molecule has 11 heteroatoms. The smallest absolute Gasteiger partial charge is 0.269 e. The van der Waals surface area contributed by atoms with Gasteiger partial charge in [0, 0.05) is 29.2 Å². The van der Waals surface area contributed by atoms with Gasteiger partial charge in [0.2, 0.25) is 5.91 Å². The van der Waals surface area contributed by atoms with E-state index in [1.165, 1.54) is 36.0 Å². The van der Waals surface area contributed by atoms with Crippen LogP contribution in [0.25, 0.3) is 5.69 Å². The molecule has 0 aliphatic rings. The molecule has 1 amide bonds. The molecule has 0 saturated carbocycles. The number of hydrogen-bond acceptors (Lipinski definition) is 8. The SMILES string of the molecule is CCOc1ccc(NCc2nnc(SC(C)C(=O)Nc3ccc([N+](=O)[O-])cc3)n2-c2ccccc2)cc1. The van der Waals surface area contributed by atoms with Crippen LogP contribution in [-0.2, 0) is 11.3 Å². The molecule has 0 radical (unpaired) electrons. The molecule has 2 N–H and O–H groups in total. The molecule has 1 unspecified atom stereocenters. The summed E-state index contributed by atoms with van der Waals surface area (Å²) in [5.41, 5.74) is 2.23. The van der Waals surface area contributed by atoms with Crippen molar-refractivity contribution in [3.63, 3.8) is 0 Å². The Morgan fingerprint density at radius 2 is 1.70 bits per heavy atom. The fourth-order valence-electron chi connectivity index (χ4n) is 3.47. The second-order valence-corrected chi connectivity index (χ2v) is 9.24. The van der Waals surface area contributed by atoms with Crippen LogP contribution in [-0.4, -0.2) is 37.5 Å². The Hall–Kier alpha value is -4.38. The third-order valence-corrected chi connectivity index (χ3v) is 6.37. The fourth-order valence-corrected chi connectivity index (χ4v) is 4.35. The van der Waals surface area contributed by atoms with Gasteiger partial charge in [0.15, 0.2) is 11.0 Å². The Labute approximate surface area is 218 Å². The highest BCUT2D eigenvalue weighted by Crippen LogP contribution is 2.27. The monoisotopic (exact) mass is 518 g/mol. The summed E-state index contributed by atoms with van der Waals surface area (Å²) in [6, 6.07) is 23.1. The van der Waals surface area contributed by atoms with E-state index in [1.54, 1.807) is 6.92 Å². The van der Waals surface area contributed by atoms with E-state index in [9.17, 15) is 14.9 Å². The number of non-ortho nitro benzene ring substituents is 1. The van der Waals surface area contributed by atoms with E-state index in [4.69, 9.17) is 4.74 Å². The number of para-hydroxylation sites is 1. The lowest BCUT2D eigenvalue weighted by Crippen LogP contribution is -2.23. The molecule has 190 valence electrons. The minimum Gasteiger partial charge on any atom is -0.494 e. The Balaban J connectivity index is 1.48. The normalized spacial score (nSPS) is 11.5. The summed E-state index contributed by atoms with van der Waals surface area (Å²) in [5.74, 6) is 1.24. The maximum atomic E-state index is 12.8. The molecule has 0 fully saturated rings. The van der Waals surface area contributed by atoms with Crippen molar-refractivity contribution >= 4 is 34.7 Å². The predicted octanol–water partition coefficient (Wildman–Crippen LogP) is 5.31. The van der Waals surface area contributed by atoms with E-state index in [0.29, 0.717) is 29.8 Å². The zero-order valence-electron chi connectivity index (χ0n) is 20.3. The number of nitro benzene ring substituents is 1. The van der Waals surface area contributed by atoms with Crippen LogP contribution >= 0.6 is 11.8 Å². The van der Waals surface area contributed by atoms with Gasteiger partial charge in [-0.25, -0.2) is 0 Å². The number of nitrogens with zero attached hydrogens (tertiary/aromatic N) is 4. The molecule has 1 aromatic heterocycles. The van der Waals surface area contributed by atoms with Gasteiger partial charge in [0.05, 0.1) is 23.3 Å². The minimum absolute atomic E-state index is 0.0391. The van der Waals surface area contributed by atoms with Crippen molar-refractivity contribution in [1.82, 2.24) is 14.8 Å². The standard InChI is InChI=1S/C26H26N6O4S/c1-3-36-23-15-11-19(12-16-23)27-17-24-29-30-26(31(24)21-7-5-4-6-8-21)37-18(2)25(33)28-20-9-13-22(14-10-20)32(34)35/h4-16,18,27H,3,17H2,1-2H3,(H,28,33). The summed E-state index contributed by atoms with van der Waals surface area (Å²) in [6.07, 6.45) is 0. The van der Waals surface area contributed by atoms with Gasteiger partial charge in [-0.2, -0.15) is 0 Å². The van der Waals surface area contributed by atoms with E-state index >= 15 is 0 Å². The lowest BCUT2D eigenvalue weighted by Gasteiger charge is -2.14. The number of carbonyl (C=O) groups excluding carboxylic acids is 1. The number of nitrogens with one attached hydrogen (secondary N) is 2. The summed E-state index contributed by atoms with van der Waals surface area (Å²) in [4.78, 5) is 23.2. The summed E-state index contributed by atoms with van der Waals surface area (Å²) < 4.78 is 7.41. The van der Waals surface area contributed by atoms with Crippen LogP contribution in [0.2, 0.25) is 0 Å². The fraction of sp³-hybridized carbons (Fsp3) is 0.192. The van der Waals surface area contributed by atoms with Crippen LogP contribution in [0, 0.1) is 10.1 Å². The van der Waals surface area contributed by atoms with Crippen molar-refractivity contribution in [2.45, 2.75) is 30.8 Å². The van der Waals surface area contributed by atoms with Crippen LogP contribution < -0.4 is 15.4 Å². The number of benzene rings is 3. The number of ether oxygens (including phenoxy) is 1. The van der Waals surface area contributed by atoms with Crippen LogP contribution in [0.5, 0.6) is 5.75 Å². The van der Waals surface area contributed by atoms with Crippen LogP contribution in [0.15, 0.2) is 84.0 Å². The van der Waals surface area contributed by atoms with Crippen molar-refractivity contribution in [3.8, 4) is 11.4 Å². The van der Waals surface area contributed by atoms with E-state index in [2.05, 4.69) is 20.8 Å². The maximum absolute atomic E-state index is 12.8. The first kappa shape index (κ1) is 25.7. The molecule has 1 atom stereocenters. The average Bonchev–Trinajstić information content (AvgIpc) is 3.31. The predicted molar refractivity (Wildman–Crippen MR) is 143 cm³/mol. The Morgan fingerprint density at radius 3 is 2.35 bits per heavy atom. The first-order chi connectivity index (χ1) is 17.9. The summed E-state index contributed by atoms with van der Waals surface area (Å²) in [5, 5.41) is 25.8. The van der Waals surface area contributed by atoms with Crippen molar-refractivity contribution in [2.75, 3.05) is 17.2 Å². The number of anilines is 2. The zero-order valence-corrected chi connectivity index (χ0v) is 21.1. The quantitative estimate of drug-likeness (QED) is 0.156. The number of carbonyl (C=O) groups is 1. The van der Waals surface area contributed by atoms with Gasteiger partial charge < -0.3 is 15.4 Å². The molecule has 1 heterocycles. The molecule has 0 spiro atoms. The first-order valence-corrected chi connectivity index (χ1v) is 12.5. The maximum Gasteiger partial charge on any atom is 0.269 e. The van der Waals surface area contributed by atoms with Gasteiger partial charge in [-0.05, 0) is 62.4 Å². The number of nitro groups is 1. The highest BCUT2D eigenvalue weighted by Gasteiger charge is 2.21. The molecular formula is C26H26N6O4S. The molecular weight excluding hydrogens is 492 g/mol. The lowest BCUT2D eigenvalue weighted by atomic mass is 10.3. The molecule has 4 rings (SSSR count). The van der Waals surface area contributed by atoms with Crippen molar-refractivity contribution in [2.24, 2.45) is 0 Å². The van der Waals surface area contributed by atoms with E-state index in [1.807, 2.05) is 66.1 Å². The topological polar surface area (TPSA) is 124 Å². The highest BCUT2D eigenvalue weighted by molar-refractivity contribution is 8.00. The third kappa shape index (κ3) is 6.64. The number of hydrogen-bond donors (Lipinski definition) is 2. The summed E-state index contributed by atoms with van der Waals surface area (Å²) in [7, 11) is 0. The van der Waals surface area contributed by atoms with Crippen molar-refractivity contribution in [1.29, 1.82) is 0 Å². The lowest BCUT2D eigenvalue weighted by molar-refractivity contribution is -0.384. The van der Waals surface area contributed by atoms with Gasteiger partial charge in [-0.15, -0.1) is 10.2 Å². The molecule has 0 saturated heterocycles. The van der Waals surface area contributed by atoms with E-state index in [-0.39, 0.29) is 11.6 Å². The third-order valence-electron chi connectivity index (χ3n) is 5.33. The van der Waals surface area contributed by atoms with Gasteiger partial charge in [0.1, 0.15) is 5.75 Å². The number of rotatable bonds is 11. The largest absolute Gasteiger partial charge is 0.494 e. The second-order valence-electron chi connectivity index (χ2n) is 7.93. The van der Waals surface area contributed by atoms with E-state index < -0.39 is 10.2 Å². The molecule has 4 aromatic rings. The molecule has 0 aliphatic heterocycles. The summed E-state index contributed by atoms with van der Waals surface area (Å²) >= 11 is 1.28. The van der Waals surface area contributed by atoms with Crippen molar-refractivity contribution < 1.29 is 14.5 Å². The molecule has 0 bridgehead atoms.